The highest BCUT2D eigenvalue weighted by molar-refractivity contribution is 7.99. The Labute approximate surface area is 108 Å². The molecule has 90 valence electrons. The van der Waals surface area contributed by atoms with Gasteiger partial charge < -0.3 is 5.32 Å². The van der Waals surface area contributed by atoms with Crippen molar-refractivity contribution in [2.45, 2.75) is 20.3 Å². The molecule has 0 fully saturated rings. The summed E-state index contributed by atoms with van der Waals surface area (Å²) < 4.78 is 0. The zero-order valence-electron chi connectivity index (χ0n) is 10.0. The fraction of sp³-hybridized carbons (Fsp3) is 0.538. The van der Waals surface area contributed by atoms with E-state index in [1.807, 2.05) is 36.0 Å². The maximum atomic E-state index is 5.90. The summed E-state index contributed by atoms with van der Waals surface area (Å²) in [4.78, 5) is 0. The van der Waals surface area contributed by atoms with Gasteiger partial charge in [-0.1, -0.05) is 31.5 Å². The zero-order chi connectivity index (χ0) is 11.8. The van der Waals surface area contributed by atoms with E-state index in [1.165, 1.54) is 12.2 Å². The second-order valence-corrected chi connectivity index (χ2v) is 5.89. The van der Waals surface area contributed by atoms with Crippen molar-refractivity contribution >= 4 is 29.1 Å². The molecule has 0 aromatic heterocycles. The average Bonchev–Trinajstić information content (AvgIpc) is 2.23. The van der Waals surface area contributed by atoms with E-state index >= 15 is 0 Å². The lowest BCUT2D eigenvalue weighted by atomic mass is 10.2. The Morgan fingerprint density at radius 1 is 1.31 bits per heavy atom. The first-order valence-electron chi connectivity index (χ1n) is 5.75. The molecule has 0 amide bonds. The van der Waals surface area contributed by atoms with Gasteiger partial charge in [-0.05, 0) is 36.3 Å². The summed E-state index contributed by atoms with van der Waals surface area (Å²) in [5.41, 5.74) is 1.11. The normalized spacial score (nSPS) is 10.8. The van der Waals surface area contributed by atoms with Gasteiger partial charge in [-0.15, -0.1) is 0 Å². The van der Waals surface area contributed by atoms with E-state index in [2.05, 4.69) is 19.2 Å². The van der Waals surface area contributed by atoms with E-state index in [1.54, 1.807) is 0 Å². The summed E-state index contributed by atoms with van der Waals surface area (Å²) in [5, 5.41) is 4.16. The lowest BCUT2D eigenvalue weighted by Crippen LogP contribution is -2.04. The van der Waals surface area contributed by atoms with Gasteiger partial charge in [0.1, 0.15) is 0 Å². The summed E-state index contributed by atoms with van der Waals surface area (Å²) >= 11 is 7.91. The van der Waals surface area contributed by atoms with Crippen LogP contribution in [0.3, 0.4) is 0 Å². The van der Waals surface area contributed by atoms with Gasteiger partial charge >= 0.3 is 0 Å². The van der Waals surface area contributed by atoms with Gasteiger partial charge in [-0.25, -0.2) is 0 Å². The van der Waals surface area contributed by atoms with Gasteiger partial charge in [0, 0.05) is 23.0 Å². The van der Waals surface area contributed by atoms with Gasteiger partial charge in [-0.3, -0.25) is 0 Å². The van der Waals surface area contributed by atoms with Crippen LogP contribution in [0.5, 0.6) is 0 Å². The Morgan fingerprint density at radius 2 is 2.12 bits per heavy atom. The third kappa shape index (κ3) is 6.29. The number of anilines is 1. The Hall–Kier alpha value is -0.340. The van der Waals surface area contributed by atoms with E-state index in [-0.39, 0.29) is 0 Å². The number of benzene rings is 1. The number of nitrogens with one attached hydrogen (secondary N) is 1. The third-order valence-electron chi connectivity index (χ3n) is 2.24. The van der Waals surface area contributed by atoms with Crippen molar-refractivity contribution < 1.29 is 0 Å². The van der Waals surface area contributed by atoms with E-state index in [0.29, 0.717) is 0 Å². The highest BCUT2D eigenvalue weighted by Crippen LogP contribution is 2.15. The van der Waals surface area contributed by atoms with Gasteiger partial charge in [0.15, 0.2) is 0 Å². The van der Waals surface area contributed by atoms with Crippen molar-refractivity contribution in [2.24, 2.45) is 5.92 Å². The number of hydrogen-bond acceptors (Lipinski definition) is 2. The summed E-state index contributed by atoms with van der Waals surface area (Å²) in [6.45, 7) is 5.54. The Balaban J connectivity index is 2.07. The molecule has 0 unspecified atom stereocenters. The molecule has 0 aliphatic heterocycles. The molecule has 0 spiro atoms. The van der Waals surface area contributed by atoms with Crippen LogP contribution < -0.4 is 5.32 Å². The van der Waals surface area contributed by atoms with Crippen LogP contribution in [0.25, 0.3) is 0 Å². The van der Waals surface area contributed by atoms with Crippen molar-refractivity contribution in [3.05, 3.63) is 29.3 Å². The molecule has 0 radical (unpaired) electrons. The molecule has 0 aliphatic rings. The molecular weight excluding hydrogens is 238 g/mol. The summed E-state index contributed by atoms with van der Waals surface area (Å²) in [6.07, 6.45) is 1.31. The van der Waals surface area contributed by atoms with Crippen molar-refractivity contribution in [1.82, 2.24) is 0 Å². The minimum atomic E-state index is 0.789. The highest BCUT2D eigenvalue weighted by Gasteiger charge is 1.95. The highest BCUT2D eigenvalue weighted by atomic mass is 35.5. The lowest BCUT2D eigenvalue weighted by Gasteiger charge is -2.07. The predicted octanol–water partition coefficient (Wildman–Crippen LogP) is 4.53. The number of rotatable bonds is 7. The van der Waals surface area contributed by atoms with Gasteiger partial charge in [0.2, 0.25) is 0 Å². The fourth-order valence-corrected chi connectivity index (χ4v) is 2.57. The first-order valence-corrected chi connectivity index (χ1v) is 7.29. The first-order chi connectivity index (χ1) is 7.68. The van der Waals surface area contributed by atoms with E-state index < -0.39 is 0 Å². The van der Waals surface area contributed by atoms with E-state index in [9.17, 15) is 0 Å². The molecule has 0 bridgehead atoms. The lowest BCUT2D eigenvalue weighted by molar-refractivity contribution is 0.632. The topological polar surface area (TPSA) is 12.0 Å². The quantitative estimate of drug-likeness (QED) is 0.721. The van der Waals surface area contributed by atoms with Crippen LogP contribution in [0.1, 0.15) is 20.3 Å². The predicted molar refractivity (Wildman–Crippen MR) is 76.7 cm³/mol. The smallest absolute Gasteiger partial charge is 0.0426 e. The maximum absolute atomic E-state index is 5.90. The van der Waals surface area contributed by atoms with Crippen LogP contribution in [-0.4, -0.2) is 18.1 Å². The summed E-state index contributed by atoms with van der Waals surface area (Å²) in [5.74, 6) is 3.22. The molecule has 1 N–H and O–H groups in total. The van der Waals surface area contributed by atoms with Crippen LogP contribution in [0, 0.1) is 5.92 Å². The molecule has 0 heterocycles. The molecule has 1 rings (SSSR count). The molecule has 0 atom stereocenters. The van der Waals surface area contributed by atoms with Gasteiger partial charge in [-0.2, -0.15) is 11.8 Å². The fourth-order valence-electron chi connectivity index (χ4n) is 1.29. The second kappa shape index (κ2) is 7.86. The maximum Gasteiger partial charge on any atom is 0.0426 e. The van der Waals surface area contributed by atoms with Crippen molar-refractivity contribution in [3.8, 4) is 0 Å². The Morgan fingerprint density at radius 3 is 2.81 bits per heavy atom. The van der Waals surface area contributed by atoms with Gasteiger partial charge in [0.05, 0.1) is 0 Å². The zero-order valence-corrected chi connectivity index (χ0v) is 11.6. The largest absolute Gasteiger partial charge is 0.384 e. The summed E-state index contributed by atoms with van der Waals surface area (Å²) in [7, 11) is 0. The molecule has 16 heavy (non-hydrogen) atoms. The second-order valence-electron chi connectivity index (χ2n) is 4.23. The number of halogens is 1. The van der Waals surface area contributed by atoms with Crippen LogP contribution in [-0.2, 0) is 0 Å². The van der Waals surface area contributed by atoms with Crippen LogP contribution in [0.15, 0.2) is 24.3 Å². The minimum Gasteiger partial charge on any atom is -0.384 e. The minimum absolute atomic E-state index is 0.789. The number of hydrogen-bond donors (Lipinski definition) is 1. The van der Waals surface area contributed by atoms with Crippen molar-refractivity contribution in [3.63, 3.8) is 0 Å². The van der Waals surface area contributed by atoms with E-state index in [4.69, 9.17) is 11.6 Å². The average molecular weight is 258 g/mol. The molecular formula is C13H20ClNS. The van der Waals surface area contributed by atoms with Crippen molar-refractivity contribution in [2.75, 3.05) is 23.4 Å². The van der Waals surface area contributed by atoms with Crippen LogP contribution >= 0.6 is 23.4 Å². The molecule has 1 aromatic rings. The molecule has 0 saturated carbocycles. The van der Waals surface area contributed by atoms with Crippen LogP contribution in [0.4, 0.5) is 5.69 Å². The molecule has 1 aromatic carbocycles. The summed E-state index contributed by atoms with van der Waals surface area (Å²) in [6, 6.07) is 7.87. The van der Waals surface area contributed by atoms with Gasteiger partial charge in [0.25, 0.3) is 0 Å². The van der Waals surface area contributed by atoms with Crippen molar-refractivity contribution in [1.29, 1.82) is 0 Å². The monoisotopic (exact) mass is 257 g/mol. The Bertz CT molecular complexity index is 302. The van der Waals surface area contributed by atoms with Crippen LogP contribution in [0.2, 0.25) is 5.02 Å². The third-order valence-corrected chi connectivity index (χ3v) is 3.49. The van der Waals surface area contributed by atoms with E-state index in [0.717, 1.165) is 28.9 Å². The first kappa shape index (κ1) is 13.7. The Kier molecular flexibility index (Phi) is 6.74. The SMILES string of the molecule is CC(C)CCSCCNc1cccc(Cl)c1. The molecule has 0 aliphatic carbocycles. The standard InChI is InChI=1S/C13H20ClNS/c1-11(2)6-8-16-9-7-15-13-5-3-4-12(14)10-13/h3-5,10-11,15H,6-9H2,1-2H3. The molecule has 3 heteroatoms. The molecule has 1 nitrogen and oxygen atoms in total. The molecule has 0 saturated heterocycles. The number of thioether (sulfide) groups is 1.